The molecule has 2 aromatic rings. The molecule has 1 aliphatic heterocycles. The lowest BCUT2D eigenvalue weighted by Crippen LogP contribution is -2.30. The van der Waals surface area contributed by atoms with Crippen LogP contribution in [0.25, 0.3) is 0 Å². The van der Waals surface area contributed by atoms with Crippen LogP contribution in [-0.2, 0) is 10.0 Å². The largest absolute Gasteiger partial charge is 0.493 e. The van der Waals surface area contributed by atoms with Gasteiger partial charge in [-0.2, -0.15) is 4.31 Å². The summed E-state index contributed by atoms with van der Waals surface area (Å²) in [6.45, 7) is 2.32. The molecule has 0 bridgehead atoms. The maximum Gasteiger partial charge on any atom is 0.244 e. The maximum atomic E-state index is 13.3. The van der Waals surface area contributed by atoms with Gasteiger partial charge in [-0.25, -0.2) is 8.42 Å². The molecule has 1 aromatic heterocycles. The number of methoxy groups -OCH3 is 2. The second-order valence-electron chi connectivity index (χ2n) is 5.76. The molecule has 1 fully saturated rings. The molecular weight excluding hydrogens is 346 g/mol. The van der Waals surface area contributed by atoms with Crippen molar-refractivity contribution in [2.45, 2.75) is 30.7 Å². The highest BCUT2D eigenvalue weighted by Crippen LogP contribution is 2.41. The lowest BCUT2D eigenvalue weighted by Gasteiger charge is -2.24. The van der Waals surface area contributed by atoms with Gasteiger partial charge in [0.05, 0.1) is 25.2 Å². The summed E-state index contributed by atoms with van der Waals surface area (Å²) in [5, 5.41) is 1.99. The Balaban J connectivity index is 2.04. The number of sulfonamides is 1. The van der Waals surface area contributed by atoms with Gasteiger partial charge in [0, 0.05) is 17.5 Å². The Hall–Kier alpha value is -1.57. The molecular formula is C17H21NO4S2. The fourth-order valence-electron chi connectivity index (χ4n) is 3.16. The minimum absolute atomic E-state index is 0.0810. The first kappa shape index (κ1) is 17.3. The van der Waals surface area contributed by atoms with E-state index >= 15 is 0 Å². The average Bonchev–Trinajstić information content (AvgIpc) is 3.24. The van der Waals surface area contributed by atoms with Crippen molar-refractivity contribution in [3.05, 3.63) is 40.1 Å². The zero-order valence-corrected chi connectivity index (χ0v) is 15.6. The predicted octanol–water partition coefficient (Wildman–Crippen LogP) is 3.60. The monoisotopic (exact) mass is 367 g/mol. The van der Waals surface area contributed by atoms with E-state index in [1.165, 1.54) is 7.11 Å². The molecule has 0 amide bonds. The standard InChI is InChI=1S/C17H21NO4S2/c1-12-10-14(21-2)15(22-3)11-17(12)24(19,20)18-8-4-6-13(18)16-7-5-9-23-16/h5,7,9-11,13H,4,6,8H2,1-3H3. The topological polar surface area (TPSA) is 55.8 Å². The minimum Gasteiger partial charge on any atom is -0.493 e. The maximum absolute atomic E-state index is 13.3. The zero-order chi connectivity index (χ0) is 17.3. The lowest BCUT2D eigenvalue weighted by molar-refractivity contribution is 0.352. The Bertz CT molecular complexity index is 815. The van der Waals surface area contributed by atoms with Crippen molar-refractivity contribution >= 4 is 21.4 Å². The number of benzene rings is 1. The number of rotatable bonds is 5. The molecule has 1 aliphatic rings. The number of thiophene rings is 1. The SMILES string of the molecule is COc1cc(C)c(S(=O)(=O)N2CCCC2c2cccs2)cc1OC. The lowest BCUT2D eigenvalue weighted by atomic mass is 10.2. The van der Waals surface area contributed by atoms with Gasteiger partial charge in [0.2, 0.25) is 10.0 Å². The Kier molecular flexibility index (Phi) is 4.85. The molecule has 1 aromatic carbocycles. The van der Waals surface area contributed by atoms with Crippen LogP contribution in [0, 0.1) is 6.92 Å². The number of nitrogens with zero attached hydrogens (tertiary/aromatic N) is 1. The van der Waals surface area contributed by atoms with Crippen LogP contribution in [0.2, 0.25) is 0 Å². The van der Waals surface area contributed by atoms with Crippen molar-refractivity contribution in [3.8, 4) is 11.5 Å². The van der Waals surface area contributed by atoms with Crippen LogP contribution in [0.1, 0.15) is 29.3 Å². The number of ether oxygens (including phenoxy) is 2. The van der Waals surface area contributed by atoms with E-state index in [2.05, 4.69) is 0 Å². The molecule has 1 unspecified atom stereocenters. The second kappa shape index (κ2) is 6.74. The Morgan fingerprint density at radius 1 is 1.21 bits per heavy atom. The van der Waals surface area contributed by atoms with E-state index in [9.17, 15) is 8.42 Å². The van der Waals surface area contributed by atoms with Crippen molar-refractivity contribution < 1.29 is 17.9 Å². The predicted molar refractivity (Wildman–Crippen MR) is 94.5 cm³/mol. The summed E-state index contributed by atoms with van der Waals surface area (Å²) < 4.78 is 38.7. The molecule has 5 nitrogen and oxygen atoms in total. The van der Waals surface area contributed by atoms with Crippen molar-refractivity contribution in [2.24, 2.45) is 0 Å². The molecule has 0 radical (unpaired) electrons. The van der Waals surface area contributed by atoms with E-state index in [0.29, 0.717) is 23.6 Å². The number of hydrogen-bond donors (Lipinski definition) is 0. The third kappa shape index (κ3) is 2.92. The van der Waals surface area contributed by atoms with Crippen LogP contribution >= 0.6 is 11.3 Å². The fourth-order valence-corrected chi connectivity index (χ4v) is 6.00. The van der Waals surface area contributed by atoms with Gasteiger partial charge in [-0.05, 0) is 42.8 Å². The van der Waals surface area contributed by atoms with Crippen molar-refractivity contribution in [1.82, 2.24) is 4.31 Å². The average molecular weight is 367 g/mol. The summed E-state index contributed by atoms with van der Waals surface area (Å²) in [4.78, 5) is 1.37. The first-order valence-electron chi connectivity index (χ1n) is 7.77. The van der Waals surface area contributed by atoms with E-state index in [-0.39, 0.29) is 10.9 Å². The van der Waals surface area contributed by atoms with Crippen molar-refractivity contribution in [1.29, 1.82) is 0 Å². The van der Waals surface area contributed by atoms with Crippen molar-refractivity contribution in [3.63, 3.8) is 0 Å². The molecule has 0 saturated carbocycles. The molecule has 1 saturated heterocycles. The Labute approximate surface area is 146 Å². The summed E-state index contributed by atoms with van der Waals surface area (Å²) in [5.74, 6) is 0.957. The Morgan fingerprint density at radius 3 is 2.54 bits per heavy atom. The van der Waals surface area contributed by atoms with Crippen LogP contribution in [-0.4, -0.2) is 33.5 Å². The summed E-state index contributed by atoms with van der Waals surface area (Å²) in [7, 11) is -0.549. The molecule has 130 valence electrons. The molecule has 0 spiro atoms. The van der Waals surface area contributed by atoms with E-state index in [1.54, 1.807) is 41.8 Å². The molecule has 24 heavy (non-hydrogen) atoms. The van der Waals surface area contributed by atoms with Crippen LogP contribution in [0.3, 0.4) is 0 Å². The van der Waals surface area contributed by atoms with E-state index < -0.39 is 10.0 Å². The van der Waals surface area contributed by atoms with Crippen LogP contribution in [0.5, 0.6) is 11.5 Å². The molecule has 3 rings (SSSR count). The summed E-state index contributed by atoms with van der Waals surface area (Å²) in [5.41, 5.74) is 0.657. The van der Waals surface area contributed by atoms with Crippen LogP contribution in [0.4, 0.5) is 0 Å². The van der Waals surface area contributed by atoms with Gasteiger partial charge < -0.3 is 9.47 Å². The summed E-state index contributed by atoms with van der Waals surface area (Å²) >= 11 is 1.60. The van der Waals surface area contributed by atoms with E-state index in [0.717, 1.165) is 17.7 Å². The highest BCUT2D eigenvalue weighted by Gasteiger charge is 2.37. The molecule has 0 aliphatic carbocycles. The molecule has 2 heterocycles. The van der Waals surface area contributed by atoms with Gasteiger partial charge in [0.15, 0.2) is 11.5 Å². The van der Waals surface area contributed by atoms with Gasteiger partial charge in [-0.3, -0.25) is 0 Å². The van der Waals surface area contributed by atoms with Gasteiger partial charge in [0.1, 0.15) is 0 Å². The number of hydrogen-bond acceptors (Lipinski definition) is 5. The van der Waals surface area contributed by atoms with Gasteiger partial charge >= 0.3 is 0 Å². The third-order valence-corrected chi connectivity index (χ3v) is 7.37. The highest BCUT2D eigenvalue weighted by atomic mass is 32.2. The quantitative estimate of drug-likeness (QED) is 0.810. The zero-order valence-electron chi connectivity index (χ0n) is 14.0. The van der Waals surface area contributed by atoms with Gasteiger partial charge in [-0.1, -0.05) is 6.07 Å². The summed E-state index contributed by atoms with van der Waals surface area (Å²) in [6.07, 6.45) is 1.72. The second-order valence-corrected chi connectivity index (χ2v) is 8.60. The highest BCUT2D eigenvalue weighted by molar-refractivity contribution is 7.89. The van der Waals surface area contributed by atoms with Gasteiger partial charge in [-0.15, -0.1) is 11.3 Å². The van der Waals surface area contributed by atoms with E-state index in [4.69, 9.17) is 9.47 Å². The third-order valence-electron chi connectivity index (χ3n) is 4.34. The normalized spacial score (nSPS) is 18.7. The first-order chi connectivity index (χ1) is 11.5. The molecule has 0 N–H and O–H groups in total. The summed E-state index contributed by atoms with van der Waals surface area (Å²) in [6, 6.07) is 7.16. The van der Waals surface area contributed by atoms with Gasteiger partial charge in [0.25, 0.3) is 0 Å². The van der Waals surface area contributed by atoms with Crippen molar-refractivity contribution in [2.75, 3.05) is 20.8 Å². The minimum atomic E-state index is -3.60. The fraction of sp³-hybridized carbons (Fsp3) is 0.412. The van der Waals surface area contributed by atoms with Crippen LogP contribution < -0.4 is 9.47 Å². The smallest absolute Gasteiger partial charge is 0.244 e. The van der Waals surface area contributed by atoms with E-state index in [1.807, 2.05) is 17.5 Å². The Morgan fingerprint density at radius 2 is 1.92 bits per heavy atom. The first-order valence-corrected chi connectivity index (χ1v) is 10.1. The molecule has 1 atom stereocenters. The van der Waals surface area contributed by atoms with Crippen LogP contribution in [0.15, 0.2) is 34.5 Å². The number of aryl methyl sites for hydroxylation is 1. The molecule has 7 heteroatoms.